The lowest BCUT2D eigenvalue weighted by atomic mass is 10.1. The minimum atomic E-state index is -0.252. The summed E-state index contributed by atoms with van der Waals surface area (Å²) in [6.45, 7) is 1.73. The highest BCUT2D eigenvalue weighted by molar-refractivity contribution is 6.30. The summed E-state index contributed by atoms with van der Waals surface area (Å²) in [5, 5.41) is 0.650. The first kappa shape index (κ1) is 10.9. The van der Waals surface area contributed by atoms with Crippen molar-refractivity contribution in [2.24, 2.45) is 0 Å². The van der Waals surface area contributed by atoms with E-state index < -0.39 is 0 Å². The molecule has 0 aliphatic carbocycles. The highest BCUT2D eigenvalue weighted by Crippen LogP contribution is 2.23. The maximum absolute atomic E-state index is 11.5. The molecule has 3 nitrogen and oxygen atoms in total. The smallest absolute Gasteiger partial charge is 0.253 e. The summed E-state index contributed by atoms with van der Waals surface area (Å²) in [4.78, 5) is 23.8. The molecule has 0 saturated heterocycles. The van der Waals surface area contributed by atoms with E-state index in [-0.39, 0.29) is 11.8 Å². The molecule has 0 bridgehead atoms. The molecule has 0 fully saturated rings. The Kier molecular flexibility index (Phi) is 2.79. The second kappa shape index (κ2) is 4.10. The fourth-order valence-corrected chi connectivity index (χ4v) is 1.75. The summed E-state index contributed by atoms with van der Waals surface area (Å²) in [6.07, 6.45) is 1.49. The summed E-state index contributed by atoms with van der Waals surface area (Å²) in [5.41, 5.74) is 1.76. The number of carbonyl (C=O) groups excluding carboxylic acids is 2. The number of carbonyl (C=O) groups is 2. The van der Waals surface area contributed by atoms with E-state index in [2.05, 4.69) is 0 Å². The molecule has 1 heterocycles. The lowest BCUT2D eigenvalue weighted by Gasteiger charge is -2.11. The zero-order chi connectivity index (χ0) is 11.7. The maximum atomic E-state index is 11.5. The van der Waals surface area contributed by atoms with Crippen LogP contribution in [0.25, 0.3) is 5.57 Å². The van der Waals surface area contributed by atoms with Gasteiger partial charge in [0.2, 0.25) is 5.91 Å². The zero-order valence-electron chi connectivity index (χ0n) is 8.74. The van der Waals surface area contributed by atoms with Crippen LogP contribution < -0.4 is 0 Å². The maximum Gasteiger partial charge on any atom is 0.253 e. The average Bonchev–Trinajstić information content (AvgIpc) is 2.61. The molecule has 0 spiro atoms. The lowest BCUT2D eigenvalue weighted by Crippen LogP contribution is -2.30. The Labute approximate surface area is 98.3 Å². The average molecular weight is 236 g/mol. The van der Waals surface area contributed by atoms with Gasteiger partial charge in [-0.2, -0.15) is 0 Å². The van der Waals surface area contributed by atoms with Crippen molar-refractivity contribution in [3.05, 3.63) is 40.9 Å². The summed E-state index contributed by atoms with van der Waals surface area (Å²) < 4.78 is 0. The van der Waals surface area contributed by atoms with Gasteiger partial charge in [-0.1, -0.05) is 23.7 Å². The standard InChI is InChI=1S/C12H10ClNO2/c1-8(15)14-7-10(6-12(14)16)9-2-4-11(13)5-3-9/h2-6H,7H2,1H3. The Bertz CT molecular complexity index is 476. The van der Waals surface area contributed by atoms with Crippen LogP contribution >= 0.6 is 11.6 Å². The normalized spacial score (nSPS) is 15.2. The van der Waals surface area contributed by atoms with Gasteiger partial charge in [-0.05, 0) is 23.3 Å². The van der Waals surface area contributed by atoms with Crippen LogP contribution in [0.5, 0.6) is 0 Å². The van der Waals surface area contributed by atoms with Crippen LogP contribution in [-0.4, -0.2) is 23.3 Å². The van der Waals surface area contributed by atoms with Gasteiger partial charge in [-0.3, -0.25) is 14.5 Å². The van der Waals surface area contributed by atoms with Crippen molar-refractivity contribution < 1.29 is 9.59 Å². The number of amides is 2. The fraction of sp³-hybridized carbons (Fsp3) is 0.167. The summed E-state index contributed by atoms with van der Waals surface area (Å²) >= 11 is 5.78. The van der Waals surface area contributed by atoms with Gasteiger partial charge < -0.3 is 0 Å². The number of rotatable bonds is 1. The number of benzene rings is 1. The Balaban J connectivity index is 2.25. The Morgan fingerprint density at radius 2 is 1.94 bits per heavy atom. The topological polar surface area (TPSA) is 37.4 Å². The van der Waals surface area contributed by atoms with E-state index in [0.29, 0.717) is 11.6 Å². The van der Waals surface area contributed by atoms with Crippen LogP contribution in [0.15, 0.2) is 30.3 Å². The lowest BCUT2D eigenvalue weighted by molar-refractivity contribution is -0.138. The SMILES string of the molecule is CC(=O)N1CC(c2ccc(Cl)cc2)=CC1=O. The Morgan fingerprint density at radius 1 is 1.31 bits per heavy atom. The Hall–Kier alpha value is -1.61. The van der Waals surface area contributed by atoms with Crippen LogP contribution in [0.3, 0.4) is 0 Å². The quantitative estimate of drug-likeness (QED) is 0.748. The molecule has 4 heteroatoms. The Morgan fingerprint density at radius 3 is 2.44 bits per heavy atom. The third-order valence-corrected chi connectivity index (χ3v) is 2.74. The highest BCUT2D eigenvalue weighted by Gasteiger charge is 2.25. The molecule has 0 N–H and O–H groups in total. The molecule has 82 valence electrons. The number of nitrogens with zero attached hydrogens (tertiary/aromatic N) is 1. The molecular weight excluding hydrogens is 226 g/mol. The molecule has 16 heavy (non-hydrogen) atoms. The van der Waals surface area contributed by atoms with Crippen molar-refractivity contribution in [3.63, 3.8) is 0 Å². The molecule has 0 atom stereocenters. The summed E-state index contributed by atoms with van der Waals surface area (Å²) in [6, 6.07) is 7.20. The number of hydrogen-bond donors (Lipinski definition) is 0. The second-order valence-corrected chi connectivity index (χ2v) is 4.06. The van der Waals surface area contributed by atoms with Crippen LogP contribution in [0.2, 0.25) is 5.02 Å². The molecule has 0 radical (unpaired) electrons. The minimum absolute atomic E-state index is 0.231. The number of imide groups is 1. The first-order valence-electron chi connectivity index (χ1n) is 4.86. The molecule has 2 amide bonds. The molecule has 1 aliphatic heterocycles. The van der Waals surface area contributed by atoms with Crippen molar-refractivity contribution >= 4 is 29.0 Å². The molecular formula is C12H10ClNO2. The van der Waals surface area contributed by atoms with Gasteiger partial charge in [-0.15, -0.1) is 0 Å². The highest BCUT2D eigenvalue weighted by atomic mass is 35.5. The second-order valence-electron chi connectivity index (χ2n) is 3.62. The van der Waals surface area contributed by atoms with Gasteiger partial charge in [-0.25, -0.2) is 0 Å². The first-order valence-corrected chi connectivity index (χ1v) is 5.24. The third kappa shape index (κ3) is 1.99. The van der Waals surface area contributed by atoms with E-state index in [1.807, 2.05) is 12.1 Å². The van der Waals surface area contributed by atoms with Crippen LogP contribution in [0, 0.1) is 0 Å². The van der Waals surface area contributed by atoms with E-state index in [1.165, 1.54) is 17.9 Å². The van der Waals surface area contributed by atoms with Gasteiger partial charge in [0.05, 0.1) is 6.54 Å². The van der Waals surface area contributed by atoms with Crippen molar-refractivity contribution in [2.75, 3.05) is 6.54 Å². The molecule has 0 saturated carbocycles. The van der Waals surface area contributed by atoms with E-state index in [1.54, 1.807) is 12.1 Å². The van der Waals surface area contributed by atoms with Gasteiger partial charge in [0.25, 0.3) is 5.91 Å². The van der Waals surface area contributed by atoms with E-state index in [0.717, 1.165) is 11.1 Å². The molecule has 1 aliphatic rings. The van der Waals surface area contributed by atoms with Crippen molar-refractivity contribution in [1.29, 1.82) is 0 Å². The van der Waals surface area contributed by atoms with Crippen molar-refractivity contribution in [2.45, 2.75) is 6.92 Å². The number of halogens is 1. The first-order chi connectivity index (χ1) is 7.58. The predicted molar refractivity (Wildman–Crippen MR) is 61.8 cm³/mol. The summed E-state index contributed by atoms with van der Waals surface area (Å²) in [7, 11) is 0. The van der Waals surface area contributed by atoms with Gasteiger partial charge in [0, 0.05) is 18.0 Å². The fourth-order valence-electron chi connectivity index (χ4n) is 1.63. The molecule has 2 rings (SSSR count). The molecule has 0 aromatic heterocycles. The monoisotopic (exact) mass is 235 g/mol. The van der Waals surface area contributed by atoms with E-state index in [9.17, 15) is 9.59 Å². The molecule has 0 unspecified atom stereocenters. The zero-order valence-corrected chi connectivity index (χ0v) is 9.49. The van der Waals surface area contributed by atoms with Gasteiger partial charge >= 0.3 is 0 Å². The minimum Gasteiger partial charge on any atom is -0.275 e. The van der Waals surface area contributed by atoms with Gasteiger partial charge in [0.15, 0.2) is 0 Å². The van der Waals surface area contributed by atoms with Crippen LogP contribution in [0.4, 0.5) is 0 Å². The molecule has 1 aromatic rings. The third-order valence-electron chi connectivity index (χ3n) is 2.49. The van der Waals surface area contributed by atoms with E-state index >= 15 is 0 Å². The van der Waals surface area contributed by atoms with Crippen molar-refractivity contribution in [1.82, 2.24) is 4.90 Å². The van der Waals surface area contributed by atoms with E-state index in [4.69, 9.17) is 11.6 Å². The van der Waals surface area contributed by atoms with Gasteiger partial charge in [0.1, 0.15) is 0 Å². The molecule has 1 aromatic carbocycles. The largest absolute Gasteiger partial charge is 0.275 e. The number of hydrogen-bond acceptors (Lipinski definition) is 2. The predicted octanol–water partition coefficient (Wildman–Crippen LogP) is 2.11. The van der Waals surface area contributed by atoms with Crippen LogP contribution in [0.1, 0.15) is 12.5 Å². The van der Waals surface area contributed by atoms with Crippen molar-refractivity contribution in [3.8, 4) is 0 Å². The van der Waals surface area contributed by atoms with Crippen LogP contribution in [-0.2, 0) is 9.59 Å². The summed E-state index contributed by atoms with van der Waals surface area (Å²) in [5.74, 6) is -0.484.